The number of fused-ring (bicyclic) bond motifs is 4. The van der Waals surface area contributed by atoms with E-state index in [1.165, 1.54) is 110 Å². The van der Waals surface area contributed by atoms with Gasteiger partial charge < -0.3 is 9.47 Å². The average molecular weight is 697 g/mol. The van der Waals surface area contributed by atoms with Gasteiger partial charge in [-0.2, -0.15) is 0 Å². The second-order valence-corrected chi connectivity index (χ2v) is 15.0. The first-order chi connectivity index (χ1) is 26.8. The molecule has 2 heteroatoms. The molecule has 0 amide bonds. The number of aromatic nitrogens is 1. The normalized spacial score (nSPS) is 16.2. The molecule has 1 saturated carbocycles. The third-order valence-corrected chi connectivity index (χ3v) is 11.9. The van der Waals surface area contributed by atoms with Crippen LogP contribution >= 0.6 is 0 Å². The summed E-state index contributed by atoms with van der Waals surface area (Å²) in [5, 5.41) is 5.33. The van der Waals surface area contributed by atoms with Crippen LogP contribution in [-0.2, 0) is 0 Å². The lowest BCUT2D eigenvalue weighted by molar-refractivity contribution is 0.445. The molecule has 0 bridgehead atoms. The van der Waals surface area contributed by atoms with E-state index in [1.807, 2.05) is 0 Å². The van der Waals surface area contributed by atoms with Crippen LogP contribution in [0.4, 0.5) is 11.4 Å². The van der Waals surface area contributed by atoms with E-state index in [1.54, 1.807) is 0 Å². The smallest absolute Gasteiger partial charge is 0.0632 e. The first-order valence-electron chi connectivity index (χ1n) is 19.7. The van der Waals surface area contributed by atoms with Gasteiger partial charge in [-0.15, -0.1) is 0 Å². The van der Waals surface area contributed by atoms with Crippen LogP contribution in [0.5, 0.6) is 0 Å². The Morgan fingerprint density at radius 3 is 2.09 bits per heavy atom. The number of rotatable bonds is 7. The van der Waals surface area contributed by atoms with Crippen LogP contribution in [-0.4, -0.2) is 10.6 Å². The molecule has 1 aromatic heterocycles. The van der Waals surface area contributed by atoms with Crippen molar-refractivity contribution in [1.29, 1.82) is 0 Å². The lowest BCUT2D eigenvalue weighted by Crippen LogP contribution is -2.33. The van der Waals surface area contributed by atoms with E-state index in [4.69, 9.17) is 0 Å². The van der Waals surface area contributed by atoms with Crippen molar-refractivity contribution >= 4 is 49.5 Å². The van der Waals surface area contributed by atoms with Crippen molar-refractivity contribution in [2.24, 2.45) is 0 Å². The van der Waals surface area contributed by atoms with Gasteiger partial charge in [0.2, 0.25) is 0 Å². The van der Waals surface area contributed by atoms with E-state index in [0.717, 1.165) is 6.42 Å². The molecular weight excluding hydrogens is 653 g/mol. The average Bonchev–Trinajstić information content (AvgIpc) is 3.59. The summed E-state index contributed by atoms with van der Waals surface area (Å²) in [5.41, 5.74) is 12.7. The van der Waals surface area contributed by atoms with Crippen molar-refractivity contribution in [3.63, 3.8) is 0 Å². The molecule has 1 unspecified atom stereocenters. The van der Waals surface area contributed by atoms with Crippen LogP contribution < -0.4 is 4.90 Å². The highest BCUT2D eigenvalue weighted by molar-refractivity contribution is 6.14. The molecule has 54 heavy (non-hydrogen) atoms. The fourth-order valence-corrected chi connectivity index (χ4v) is 9.51. The van der Waals surface area contributed by atoms with E-state index in [-0.39, 0.29) is 6.04 Å². The van der Waals surface area contributed by atoms with E-state index in [0.29, 0.717) is 5.92 Å². The van der Waals surface area contributed by atoms with Crippen molar-refractivity contribution in [3.05, 3.63) is 193 Å². The maximum Gasteiger partial charge on any atom is 0.0632 e. The highest BCUT2D eigenvalue weighted by atomic mass is 15.2. The number of allylic oxidation sites excluding steroid dienone is 2. The molecule has 10 rings (SSSR count). The molecule has 1 fully saturated rings. The van der Waals surface area contributed by atoms with Crippen molar-refractivity contribution in [2.75, 3.05) is 4.90 Å². The molecule has 0 saturated heterocycles. The Bertz CT molecular complexity index is 2670. The predicted octanol–water partition coefficient (Wildman–Crippen LogP) is 14.2. The monoisotopic (exact) mass is 696 g/mol. The largest absolute Gasteiger partial charge is 0.334 e. The number of benzene rings is 7. The standard InChI is InChI=1S/C52H44N2/c1-4-18-37(19-5-1)43-30-15-20-38-21-16-32-47(51(38)43)45-28-10-12-34-49(45)53(40-23-6-2-7-24-40)42-27-14-22-39(36-42)44-31-17-33-48-46-29-11-13-35-50(46)54(52(44)48)41-25-8-3-9-26-41/h2-3,6-17,20-33,35-37,49H,1,4-5,18-19,34H2. The van der Waals surface area contributed by atoms with Gasteiger partial charge in [0.05, 0.1) is 17.1 Å². The number of nitrogens with zero attached hydrogens (tertiary/aromatic N) is 2. The molecular formula is C52H44N2. The SMILES string of the molecule is C1=CCC(N(c2ccccc2)c2cccc(-c3cccc4c5ccccc5n(-c5ccccc5)c34)c2)C(c2cccc3cccc(C4CCCCC4)c23)=C1. The summed E-state index contributed by atoms with van der Waals surface area (Å²) in [5.74, 6) is 0.623. The first-order valence-corrected chi connectivity index (χ1v) is 19.7. The van der Waals surface area contributed by atoms with Crippen molar-refractivity contribution in [1.82, 2.24) is 4.57 Å². The molecule has 262 valence electrons. The summed E-state index contributed by atoms with van der Waals surface area (Å²) in [7, 11) is 0. The Hall–Kier alpha value is -6.12. The molecule has 0 radical (unpaired) electrons. The van der Waals surface area contributed by atoms with Gasteiger partial charge in [0.15, 0.2) is 0 Å². The van der Waals surface area contributed by atoms with Crippen LogP contribution in [0.2, 0.25) is 0 Å². The van der Waals surface area contributed by atoms with Gasteiger partial charge in [0, 0.05) is 33.4 Å². The van der Waals surface area contributed by atoms with Gasteiger partial charge >= 0.3 is 0 Å². The highest BCUT2D eigenvalue weighted by Gasteiger charge is 2.29. The first kappa shape index (κ1) is 32.5. The third-order valence-electron chi connectivity index (χ3n) is 11.9. The molecule has 0 N–H and O–H groups in total. The summed E-state index contributed by atoms with van der Waals surface area (Å²) in [4.78, 5) is 2.59. The summed E-state index contributed by atoms with van der Waals surface area (Å²) >= 11 is 0. The maximum absolute atomic E-state index is 2.59. The minimum atomic E-state index is 0.115. The Labute approximate surface area is 318 Å². The number of hydrogen-bond acceptors (Lipinski definition) is 1. The lowest BCUT2D eigenvalue weighted by atomic mass is 9.79. The second kappa shape index (κ2) is 14.0. The van der Waals surface area contributed by atoms with E-state index >= 15 is 0 Å². The van der Waals surface area contributed by atoms with Gasteiger partial charge in [0.25, 0.3) is 0 Å². The van der Waals surface area contributed by atoms with Crippen LogP contribution in [0.15, 0.2) is 182 Å². The molecule has 8 aromatic rings. The number of anilines is 2. The zero-order chi connectivity index (χ0) is 35.8. The highest BCUT2D eigenvalue weighted by Crippen LogP contribution is 2.45. The van der Waals surface area contributed by atoms with Gasteiger partial charge in [-0.25, -0.2) is 0 Å². The Morgan fingerprint density at radius 1 is 0.556 bits per heavy atom. The fraction of sp³-hybridized carbons (Fsp3) is 0.154. The topological polar surface area (TPSA) is 8.17 Å². The molecule has 1 heterocycles. The predicted molar refractivity (Wildman–Crippen MR) is 230 cm³/mol. The van der Waals surface area contributed by atoms with E-state index < -0.39 is 0 Å². The van der Waals surface area contributed by atoms with Gasteiger partial charge in [-0.05, 0) is 101 Å². The van der Waals surface area contributed by atoms with Gasteiger partial charge in [0.1, 0.15) is 0 Å². The van der Waals surface area contributed by atoms with Crippen LogP contribution in [0.3, 0.4) is 0 Å². The second-order valence-electron chi connectivity index (χ2n) is 15.0. The number of hydrogen-bond donors (Lipinski definition) is 0. The number of para-hydroxylation sites is 4. The van der Waals surface area contributed by atoms with Gasteiger partial charge in [-0.3, -0.25) is 0 Å². The Kier molecular flexibility index (Phi) is 8.45. The summed E-state index contributed by atoms with van der Waals surface area (Å²) in [6.07, 6.45) is 14.5. The zero-order valence-electron chi connectivity index (χ0n) is 30.6. The van der Waals surface area contributed by atoms with Crippen LogP contribution in [0.25, 0.3) is 55.0 Å². The third kappa shape index (κ3) is 5.65. The van der Waals surface area contributed by atoms with Crippen LogP contribution in [0, 0.1) is 0 Å². The molecule has 0 spiro atoms. The van der Waals surface area contributed by atoms with Gasteiger partial charge in [-0.1, -0.05) is 159 Å². The molecule has 1 atom stereocenters. The minimum absolute atomic E-state index is 0.115. The molecule has 0 aliphatic heterocycles. The molecule has 2 aliphatic rings. The molecule has 2 aliphatic carbocycles. The van der Waals surface area contributed by atoms with Crippen molar-refractivity contribution in [3.8, 4) is 16.8 Å². The van der Waals surface area contributed by atoms with E-state index in [9.17, 15) is 0 Å². The van der Waals surface area contributed by atoms with Crippen LogP contribution in [0.1, 0.15) is 55.6 Å². The zero-order valence-corrected chi connectivity index (χ0v) is 30.6. The van der Waals surface area contributed by atoms with Crippen molar-refractivity contribution in [2.45, 2.75) is 50.5 Å². The lowest BCUT2D eigenvalue weighted by Gasteiger charge is -2.37. The summed E-state index contributed by atoms with van der Waals surface area (Å²) < 4.78 is 2.44. The van der Waals surface area contributed by atoms with Crippen molar-refractivity contribution < 1.29 is 0 Å². The molecule has 2 nitrogen and oxygen atoms in total. The summed E-state index contributed by atoms with van der Waals surface area (Å²) in [6.45, 7) is 0. The Morgan fingerprint density at radius 2 is 1.24 bits per heavy atom. The molecule has 7 aromatic carbocycles. The quantitative estimate of drug-likeness (QED) is 0.161. The summed E-state index contributed by atoms with van der Waals surface area (Å²) in [6, 6.07) is 60.7. The van der Waals surface area contributed by atoms with E-state index in [2.05, 4.69) is 191 Å². The maximum atomic E-state index is 2.59. The minimum Gasteiger partial charge on any atom is -0.334 e. The fourth-order valence-electron chi connectivity index (χ4n) is 9.51. The Balaban J connectivity index is 1.15.